The van der Waals surface area contributed by atoms with E-state index in [1.165, 1.54) is 5.56 Å². The molecule has 0 aliphatic carbocycles. The van der Waals surface area contributed by atoms with Gasteiger partial charge in [0, 0.05) is 12.1 Å². The maximum Gasteiger partial charge on any atom is 0.0584 e. The Morgan fingerprint density at radius 1 is 1.00 bits per heavy atom. The Kier molecular flexibility index (Phi) is 3.93. The van der Waals surface area contributed by atoms with Crippen molar-refractivity contribution in [2.24, 2.45) is 0 Å². The number of benzene rings is 1. The van der Waals surface area contributed by atoms with Crippen LogP contribution in [-0.2, 0) is 0 Å². The summed E-state index contributed by atoms with van der Waals surface area (Å²) in [5, 5.41) is 21.7. The Morgan fingerprint density at radius 3 is 2.06 bits per heavy atom. The average molecular weight is 221 g/mol. The maximum absolute atomic E-state index is 9.22. The Labute approximate surface area is 96.1 Å². The monoisotopic (exact) mass is 221 g/mol. The van der Waals surface area contributed by atoms with Crippen LogP contribution in [0.15, 0.2) is 30.3 Å². The highest BCUT2D eigenvalue weighted by atomic mass is 16.3. The molecule has 2 atom stereocenters. The Morgan fingerprint density at radius 2 is 1.56 bits per heavy atom. The summed E-state index contributed by atoms with van der Waals surface area (Å²) in [5.74, 6) is 0.441. The molecule has 0 bridgehead atoms. The number of nitrogens with one attached hydrogen (secondary N) is 1. The molecule has 0 spiro atoms. The lowest BCUT2D eigenvalue weighted by atomic mass is 9.83. The van der Waals surface area contributed by atoms with Crippen LogP contribution in [0.2, 0.25) is 0 Å². The molecule has 0 aromatic heterocycles. The van der Waals surface area contributed by atoms with Crippen LogP contribution in [0.1, 0.15) is 24.3 Å². The van der Waals surface area contributed by atoms with Crippen molar-refractivity contribution in [3.63, 3.8) is 0 Å². The van der Waals surface area contributed by atoms with Crippen molar-refractivity contribution in [1.82, 2.24) is 5.32 Å². The topological polar surface area (TPSA) is 52.5 Å². The second-order valence-corrected chi connectivity index (χ2v) is 4.50. The molecule has 1 saturated heterocycles. The number of rotatable bonds is 3. The van der Waals surface area contributed by atoms with Crippen LogP contribution < -0.4 is 5.32 Å². The molecule has 2 rings (SSSR count). The molecule has 88 valence electrons. The zero-order valence-corrected chi connectivity index (χ0v) is 9.34. The predicted molar refractivity (Wildman–Crippen MR) is 63.3 cm³/mol. The molecule has 1 aromatic rings. The largest absolute Gasteiger partial charge is 0.395 e. The van der Waals surface area contributed by atoms with E-state index in [1.54, 1.807) is 0 Å². The SMILES string of the molecule is OCC1CC(c2ccccc2)CC(CO)N1. The van der Waals surface area contributed by atoms with Crippen LogP contribution in [0.4, 0.5) is 0 Å². The Balaban J connectivity index is 2.09. The molecule has 1 aliphatic heterocycles. The first-order valence-corrected chi connectivity index (χ1v) is 5.86. The van der Waals surface area contributed by atoms with Crippen LogP contribution in [0.25, 0.3) is 0 Å². The third-order valence-corrected chi connectivity index (χ3v) is 3.32. The summed E-state index contributed by atoms with van der Waals surface area (Å²) in [6, 6.07) is 10.6. The van der Waals surface area contributed by atoms with E-state index in [0.717, 1.165) is 12.8 Å². The van der Waals surface area contributed by atoms with Gasteiger partial charge in [-0.05, 0) is 24.3 Å². The summed E-state index contributed by atoms with van der Waals surface area (Å²) in [7, 11) is 0. The van der Waals surface area contributed by atoms with Crippen LogP contribution >= 0.6 is 0 Å². The summed E-state index contributed by atoms with van der Waals surface area (Å²) < 4.78 is 0. The molecule has 0 amide bonds. The molecule has 3 nitrogen and oxygen atoms in total. The fourth-order valence-electron chi connectivity index (χ4n) is 2.50. The number of aliphatic hydroxyl groups excluding tert-OH is 2. The molecule has 1 aliphatic rings. The lowest BCUT2D eigenvalue weighted by molar-refractivity contribution is 0.147. The molecule has 2 unspecified atom stereocenters. The van der Waals surface area contributed by atoms with Crippen LogP contribution in [0.5, 0.6) is 0 Å². The van der Waals surface area contributed by atoms with E-state index in [9.17, 15) is 10.2 Å². The van der Waals surface area contributed by atoms with Crippen molar-refractivity contribution in [3.05, 3.63) is 35.9 Å². The fraction of sp³-hybridized carbons (Fsp3) is 0.538. The minimum absolute atomic E-state index is 0.108. The van der Waals surface area contributed by atoms with Crippen molar-refractivity contribution >= 4 is 0 Å². The quantitative estimate of drug-likeness (QED) is 0.710. The van der Waals surface area contributed by atoms with E-state index in [2.05, 4.69) is 17.4 Å². The van der Waals surface area contributed by atoms with Gasteiger partial charge < -0.3 is 15.5 Å². The molecule has 0 radical (unpaired) electrons. The minimum atomic E-state index is 0.108. The molecule has 1 aromatic carbocycles. The normalized spacial score (nSPS) is 30.2. The third-order valence-electron chi connectivity index (χ3n) is 3.32. The second kappa shape index (κ2) is 5.43. The first-order valence-electron chi connectivity index (χ1n) is 5.86. The van der Waals surface area contributed by atoms with E-state index in [0.29, 0.717) is 5.92 Å². The maximum atomic E-state index is 9.22. The van der Waals surface area contributed by atoms with Gasteiger partial charge in [0.25, 0.3) is 0 Å². The number of hydrogen-bond acceptors (Lipinski definition) is 3. The number of hydrogen-bond donors (Lipinski definition) is 3. The van der Waals surface area contributed by atoms with Gasteiger partial charge in [0.15, 0.2) is 0 Å². The van der Waals surface area contributed by atoms with Gasteiger partial charge >= 0.3 is 0 Å². The summed E-state index contributed by atoms with van der Waals surface area (Å²) in [6.07, 6.45) is 1.88. The fourth-order valence-corrected chi connectivity index (χ4v) is 2.50. The molecule has 3 heteroatoms. The summed E-state index contributed by atoms with van der Waals surface area (Å²) >= 11 is 0. The van der Waals surface area contributed by atoms with Crippen molar-refractivity contribution in [2.75, 3.05) is 13.2 Å². The first-order chi connectivity index (χ1) is 7.83. The van der Waals surface area contributed by atoms with Crippen molar-refractivity contribution in [1.29, 1.82) is 0 Å². The van der Waals surface area contributed by atoms with Crippen molar-refractivity contribution in [2.45, 2.75) is 30.8 Å². The van der Waals surface area contributed by atoms with E-state index in [4.69, 9.17) is 0 Å². The zero-order chi connectivity index (χ0) is 11.4. The summed E-state index contributed by atoms with van der Waals surface area (Å²) in [6.45, 7) is 0.277. The van der Waals surface area contributed by atoms with Crippen molar-refractivity contribution < 1.29 is 10.2 Å². The Bertz CT molecular complexity index is 303. The van der Waals surface area contributed by atoms with Crippen LogP contribution in [0.3, 0.4) is 0 Å². The highest BCUT2D eigenvalue weighted by Gasteiger charge is 2.28. The smallest absolute Gasteiger partial charge is 0.0584 e. The first kappa shape index (κ1) is 11.6. The van der Waals surface area contributed by atoms with Crippen LogP contribution in [-0.4, -0.2) is 35.5 Å². The molecular weight excluding hydrogens is 202 g/mol. The third kappa shape index (κ3) is 2.61. The van der Waals surface area contributed by atoms with Gasteiger partial charge in [0.1, 0.15) is 0 Å². The van der Waals surface area contributed by atoms with Gasteiger partial charge in [-0.25, -0.2) is 0 Å². The predicted octanol–water partition coefficient (Wildman–Crippen LogP) is 0.875. The van der Waals surface area contributed by atoms with E-state index >= 15 is 0 Å². The molecule has 3 N–H and O–H groups in total. The van der Waals surface area contributed by atoms with Crippen LogP contribution in [0, 0.1) is 0 Å². The lowest BCUT2D eigenvalue weighted by Gasteiger charge is -2.35. The second-order valence-electron chi connectivity index (χ2n) is 4.50. The van der Waals surface area contributed by atoms with Gasteiger partial charge in [-0.15, -0.1) is 0 Å². The average Bonchev–Trinajstić information content (AvgIpc) is 2.39. The standard InChI is InChI=1S/C13H19NO2/c15-8-12-6-11(7-13(9-16)14-12)10-4-2-1-3-5-10/h1-5,11-16H,6-9H2. The zero-order valence-electron chi connectivity index (χ0n) is 9.34. The van der Waals surface area contributed by atoms with Gasteiger partial charge in [-0.1, -0.05) is 30.3 Å². The molecule has 0 saturated carbocycles. The van der Waals surface area contributed by atoms with Gasteiger partial charge in [0.2, 0.25) is 0 Å². The van der Waals surface area contributed by atoms with Gasteiger partial charge in [0.05, 0.1) is 13.2 Å². The van der Waals surface area contributed by atoms with Gasteiger partial charge in [-0.3, -0.25) is 0 Å². The molecule has 1 fully saturated rings. The molecule has 1 heterocycles. The highest BCUT2D eigenvalue weighted by Crippen LogP contribution is 2.29. The van der Waals surface area contributed by atoms with E-state index < -0.39 is 0 Å². The van der Waals surface area contributed by atoms with Crippen molar-refractivity contribution in [3.8, 4) is 0 Å². The van der Waals surface area contributed by atoms with E-state index in [-0.39, 0.29) is 25.3 Å². The Hall–Kier alpha value is -0.900. The lowest BCUT2D eigenvalue weighted by Crippen LogP contribution is -2.48. The highest BCUT2D eigenvalue weighted by molar-refractivity contribution is 5.21. The number of aliphatic hydroxyl groups is 2. The summed E-state index contributed by atoms with van der Waals surface area (Å²) in [5.41, 5.74) is 1.31. The molecule has 16 heavy (non-hydrogen) atoms. The summed E-state index contributed by atoms with van der Waals surface area (Å²) in [4.78, 5) is 0. The molecular formula is C13H19NO2. The number of piperidine rings is 1. The minimum Gasteiger partial charge on any atom is -0.395 e. The van der Waals surface area contributed by atoms with Gasteiger partial charge in [-0.2, -0.15) is 0 Å². The van der Waals surface area contributed by atoms with E-state index in [1.807, 2.05) is 18.2 Å².